The molecule has 0 bridgehead atoms. The summed E-state index contributed by atoms with van der Waals surface area (Å²) in [7, 11) is 0. The van der Waals surface area contributed by atoms with Crippen LogP contribution in [0.15, 0.2) is 22.7 Å². The standard InChI is InChI=1S/C10H9BrClNO/c11-8-3-2-7(6-9(8)12)10(14)13-4-1-5-13/h2-3,6H,1,4-5H2. The van der Waals surface area contributed by atoms with Gasteiger partial charge in [0.2, 0.25) is 0 Å². The molecule has 1 heterocycles. The topological polar surface area (TPSA) is 20.3 Å². The van der Waals surface area contributed by atoms with Crippen LogP contribution in [0.4, 0.5) is 0 Å². The first-order valence-electron chi connectivity index (χ1n) is 4.43. The van der Waals surface area contributed by atoms with Crippen LogP contribution in [0, 0.1) is 0 Å². The molecular formula is C10H9BrClNO. The minimum atomic E-state index is 0.0747. The van der Waals surface area contributed by atoms with E-state index in [0.717, 1.165) is 24.0 Å². The summed E-state index contributed by atoms with van der Waals surface area (Å²) in [4.78, 5) is 13.6. The molecule has 2 rings (SSSR count). The van der Waals surface area contributed by atoms with Gasteiger partial charge in [0.1, 0.15) is 0 Å². The van der Waals surface area contributed by atoms with E-state index in [1.165, 1.54) is 0 Å². The summed E-state index contributed by atoms with van der Waals surface area (Å²) in [5.41, 5.74) is 0.665. The highest BCUT2D eigenvalue weighted by atomic mass is 79.9. The van der Waals surface area contributed by atoms with E-state index in [4.69, 9.17) is 11.6 Å². The zero-order valence-electron chi connectivity index (χ0n) is 7.46. The molecule has 0 spiro atoms. The molecular weight excluding hydrogens is 265 g/mol. The van der Waals surface area contributed by atoms with Gasteiger partial charge in [-0.1, -0.05) is 11.6 Å². The minimum absolute atomic E-state index is 0.0747. The lowest BCUT2D eigenvalue weighted by Gasteiger charge is -2.30. The Kier molecular flexibility index (Phi) is 2.79. The van der Waals surface area contributed by atoms with Crippen molar-refractivity contribution >= 4 is 33.4 Å². The summed E-state index contributed by atoms with van der Waals surface area (Å²) in [6.45, 7) is 1.74. The molecule has 1 aliphatic rings. The molecule has 0 aliphatic carbocycles. The molecule has 1 amide bonds. The first kappa shape index (κ1) is 9.99. The van der Waals surface area contributed by atoms with Crippen LogP contribution in [0.25, 0.3) is 0 Å². The van der Waals surface area contributed by atoms with Crippen molar-refractivity contribution in [3.05, 3.63) is 33.3 Å². The van der Waals surface area contributed by atoms with Gasteiger partial charge in [-0.2, -0.15) is 0 Å². The Bertz CT molecular complexity index is 376. The van der Waals surface area contributed by atoms with Crippen LogP contribution < -0.4 is 0 Å². The van der Waals surface area contributed by atoms with Gasteiger partial charge < -0.3 is 4.90 Å². The van der Waals surface area contributed by atoms with Crippen LogP contribution in [-0.4, -0.2) is 23.9 Å². The van der Waals surface area contributed by atoms with Crippen molar-refractivity contribution in [2.45, 2.75) is 6.42 Å². The van der Waals surface area contributed by atoms with Gasteiger partial charge in [0.25, 0.3) is 5.91 Å². The van der Waals surface area contributed by atoms with Gasteiger partial charge in [0.15, 0.2) is 0 Å². The largest absolute Gasteiger partial charge is 0.339 e. The zero-order valence-corrected chi connectivity index (χ0v) is 9.81. The normalized spacial score (nSPS) is 15.1. The number of rotatable bonds is 1. The Morgan fingerprint density at radius 2 is 2.14 bits per heavy atom. The van der Waals surface area contributed by atoms with Gasteiger partial charge in [0, 0.05) is 23.1 Å². The summed E-state index contributed by atoms with van der Waals surface area (Å²) >= 11 is 9.20. The molecule has 1 fully saturated rings. The number of carbonyl (C=O) groups excluding carboxylic acids is 1. The van der Waals surface area contributed by atoms with E-state index >= 15 is 0 Å². The summed E-state index contributed by atoms with van der Waals surface area (Å²) < 4.78 is 0.819. The van der Waals surface area contributed by atoms with Crippen LogP contribution in [0.3, 0.4) is 0 Å². The molecule has 2 nitrogen and oxygen atoms in total. The predicted octanol–water partition coefficient (Wildman–Crippen LogP) is 2.95. The van der Waals surface area contributed by atoms with Crippen LogP contribution in [0.5, 0.6) is 0 Å². The maximum absolute atomic E-state index is 11.7. The van der Waals surface area contributed by atoms with Gasteiger partial charge in [-0.25, -0.2) is 0 Å². The molecule has 1 aliphatic heterocycles. The van der Waals surface area contributed by atoms with E-state index in [1.807, 2.05) is 4.90 Å². The first-order valence-corrected chi connectivity index (χ1v) is 5.60. The Morgan fingerprint density at radius 1 is 1.43 bits per heavy atom. The Hall–Kier alpha value is -0.540. The molecule has 0 atom stereocenters. The third kappa shape index (κ3) is 1.79. The molecule has 1 aromatic carbocycles. The number of amides is 1. The number of benzene rings is 1. The van der Waals surface area contributed by atoms with E-state index in [2.05, 4.69) is 15.9 Å². The number of carbonyl (C=O) groups is 1. The van der Waals surface area contributed by atoms with Crippen molar-refractivity contribution in [1.82, 2.24) is 4.90 Å². The van der Waals surface area contributed by atoms with Crippen molar-refractivity contribution in [3.8, 4) is 0 Å². The van der Waals surface area contributed by atoms with Gasteiger partial charge in [-0.05, 0) is 40.5 Å². The number of hydrogen-bond donors (Lipinski definition) is 0. The summed E-state index contributed by atoms with van der Waals surface area (Å²) in [5, 5.41) is 0.580. The second-order valence-corrected chi connectivity index (χ2v) is 4.54. The highest BCUT2D eigenvalue weighted by Crippen LogP contribution is 2.24. The van der Waals surface area contributed by atoms with E-state index in [9.17, 15) is 4.79 Å². The van der Waals surface area contributed by atoms with Crippen LogP contribution >= 0.6 is 27.5 Å². The average molecular weight is 275 g/mol. The van der Waals surface area contributed by atoms with Crippen molar-refractivity contribution in [1.29, 1.82) is 0 Å². The molecule has 0 N–H and O–H groups in total. The molecule has 0 saturated carbocycles. The monoisotopic (exact) mass is 273 g/mol. The Morgan fingerprint density at radius 3 is 2.64 bits per heavy atom. The molecule has 14 heavy (non-hydrogen) atoms. The fraction of sp³-hybridized carbons (Fsp3) is 0.300. The zero-order chi connectivity index (χ0) is 10.1. The van der Waals surface area contributed by atoms with Gasteiger partial charge in [-0.15, -0.1) is 0 Å². The van der Waals surface area contributed by atoms with Crippen molar-refractivity contribution in [3.63, 3.8) is 0 Å². The van der Waals surface area contributed by atoms with E-state index in [-0.39, 0.29) is 5.91 Å². The highest BCUT2D eigenvalue weighted by Gasteiger charge is 2.21. The molecule has 0 radical (unpaired) electrons. The fourth-order valence-corrected chi connectivity index (χ4v) is 1.76. The predicted molar refractivity (Wildman–Crippen MR) is 59.7 cm³/mol. The Labute approximate surface area is 96.0 Å². The molecule has 0 aromatic heterocycles. The fourth-order valence-electron chi connectivity index (χ4n) is 1.33. The molecule has 1 saturated heterocycles. The number of hydrogen-bond acceptors (Lipinski definition) is 1. The highest BCUT2D eigenvalue weighted by molar-refractivity contribution is 9.10. The Balaban J connectivity index is 2.23. The van der Waals surface area contributed by atoms with E-state index in [0.29, 0.717) is 10.6 Å². The maximum Gasteiger partial charge on any atom is 0.253 e. The van der Waals surface area contributed by atoms with Gasteiger partial charge in [-0.3, -0.25) is 4.79 Å². The quantitative estimate of drug-likeness (QED) is 0.771. The van der Waals surface area contributed by atoms with Crippen molar-refractivity contribution in [2.24, 2.45) is 0 Å². The molecule has 0 unspecified atom stereocenters. The van der Waals surface area contributed by atoms with E-state index in [1.54, 1.807) is 18.2 Å². The number of halogens is 2. The van der Waals surface area contributed by atoms with Crippen molar-refractivity contribution < 1.29 is 4.79 Å². The van der Waals surface area contributed by atoms with Gasteiger partial charge in [0.05, 0.1) is 5.02 Å². The lowest BCUT2D eigenvalue weighted by Crippen LogP contribution is -2.41. The average Bonchev–Trinajstić information content (AvgIpc) is 2.06. The second-order valence-electron chi connectivity index (χ2n) is 3.27. The van der Waals surface area contributed by atoms with Crippen LogP contribution in [0.2, 0.25) is 5.02 Å². The first-order chi connectivity index (χ1) is 6.68. The third-order valence-corrected chi connectivity index (χ3v) is 3.54. The lowest BCUT2D eigenvalue weighted by molar-refractivity contribution is 0.0652. The van der Waals surface area contributed by atoms with E-state index < -0.39 is 0 Å². The molecule has 74 valence electrons. The van der Waals surface area contributed by atoms with Crippen LogP contribution in [-0.2, 0) is 0 Å². The SMILES string of the molecule is O=C(c1ccc(Br)c(Cl)c1)N1CCC1. The number of nitrogens with zero attached hydrogens (tertiary/aromatic N) is 1. The maximum atomic E-state index is 11.7. The van der Waals surface area contributed by atoms with Crippen LogP contribution in [0.1, 0.15) is 16.8 Å². The smallest absolute Gasteiger partial charge is 0.253 e. The number of likely N-dealkylation sites (tertiary alicyclic amines) is 1. The second kappa shape index (κ2) is 3.91. The lowest BCUT2D eigenvalue weighted by atomic mass is 10.1. The summed E-state index contributed by atoms with van der Waals surface area (Å²) in [6.07, 6.45) is 1.11. The van der Waals surface area contributed by atoms with Gasteiger partial charge >= 0.3 is 0 Å². The minimum Gasteiger partial charge on any atom is -0.339 e. The summed E-state index contributed by atoms with van der Waals surface area (Å²) in [6, 6.07) is 5.29. The summed E-state index contributed by atoms with van der Waals surface area (Å²) in [5.74, 6) is 0.0747. The van der Waals surface area contributed by atoms with Crippen molar-refractivity contribution in [2.75, 3.05) is 13.1 Å². The third-order valence-electron chi connectivity index (χ3n) is 2.31. The molecule has 1 aromatic rings. The molecule has 4 heteroatoms.